The number of esters is 1. The number of hydrogen-bond acceptors (Lipinski definition) is 5. The van der Waals surface area contributed by atoms with E-state index in [-0.39, 0.29) is 0 Å². The van der Waals surface area contributed by atoms with Crippen molar-refractivity contribution in [2.24, 2.45) is 0 Å². The van der Waals surface area contributed by atoms with Crippen LogP contribution in [0.3, 0.4) is 0 Å². The highest BCUT2D eigenvalue weighted by molar-refractivity contribution is 5.92. The number of hydrogen-bond donors (Lipinski definition) is 2. The van der Waals surface area contributed by atoms with E-state index in [4.69, 9.17) is 10.5 Å². The van der Waals surface area contributed by atoms with Gasteiger partial charge in [-0.05, 0) is 30.3 Å². The predicted molar refractivity (Wildman–Crippen MR) is 78.4 cm³/mol. The fourth-order valence-corrected chi connectivity index (χ4v) is 1.82. The van der Waals surface area contributed by atoms with E-state index in [1.54, 1.807) is 18.2 Å². The molecule has 0 aliphatic carbocycles. The van der Waals surface area contributed by atoms with Crippen LogP contribution < -0.4 is 15.8 Å². The minimum Gasteiger partial charge on any atom is -0.494 e. The van der Waals surface area contributed by atoms with Crippen LogP contribution in [-0.2, 0) is 4.74 Å². The number of nitrogen functional groups attached to an aromatic ring is 1. The zero-order chi connectivity index (χ0) is 15.4. The van der Waals surface area contributed by atoms with Gasteiger partial charge in [0.15, 0.2) is 0 Å². The number of halogens is 1. The maximum absolute atomic E-state index is 13.2. The second kappa shape index (κ2) is 6.13. The molecule has 0 heterocycles. The summed E-state index contributed by atoms with van der Waals surface area (Å²) in [6, 6.07) is 8.79. The van der Waals surface area contributed by atoms with E-state index in [0.29, 0.717) is 28.4 Å². The fourth-order valence-electron chi connectivity index (χ4n) is 1.82. The second-order valence-corrected chi connectivity index (χ2v) is 4.26. The summed E-state index contributed by atoms with van der Waals surface area (Å²) in [5.41, 5.74) is 7.70. The van der Waals surface area contributed by atoms with E-state index in [1.807, 2.05) is 0 Å². The SMILES string of the molecule is COC(=O)c1ccc(N)c(Nc2ccc(F)cc2OC)c1. The molecule has 0 aromatic heterocycles. The average Bonchev–Trinajstić information content (AvgIpc) is 2.50. The highest BCUT2D eigenvalue weighted by Crippen LogP contribution is 2.31. The van der Waals surface area contributed by atoms with Crippen molar-refractivity contribution in [1.82, 2.24) is 0 Å². The molecule has 3 N–H and O–H groups in total. The Morgan fingerprint density at radius 1 is 1.14 bits per heavy atom. The molecule has 0 aliphatic heterocycles. The predicted octanol–water partition coefficient (Wildman–Crippen LogP) is 2.95. The van der Waals surface area contributed by atoms with Gasteiger partial charge < -0.3 is 20.5 Å². The van der Waals surface area contributed by atoms with Crippen molar-refractivity contribution in [3.05, 3.63) is 47.8 Å². The molecule has 2 aromatic rings. The molecule has 2 aromatic carbocycles. The third-order valence-corrected chi connectivity index (χ3v) is 2.91. The van der Waals surface area contributed by atoms with Gasteiger partial charge in [0.05, 0.1) is 36.8 Å². The molecule has 0 spiro atoms. The molecule has 0 atom stereocenters. The van der Waals surface area contributed by atoms with Crippen LogP contribution in [0.1, 0.15) is 10.4 Å². The third-order valence-electron chi connectivity index (χ3n) is 2.91. The summed E-state index contributed by atoms with van der Waals surface area (Å²) in [5, 5.41) is 3.01. The van der Waals surface area contributed by atoms with E-state index in [9.17, 15) is 9.18 Å². The molecule has 2 rings (SSSR count). The minimum atomic E-state index is -0.468. The topological polar surface area (TPSA) is 73.6 Å². The minimum absolute atomic E-state index is 0.331. The summed E-state index contributed by atoms with van der Waals surface area (Å²) >= 11 is 0. The number of nitrogens with one attached hydrogen (secondary N) is 1. The van der Waals surface area contributed by atoms with Gasteiger partial charge in [0.1, 0.15) is 11.6 Å². The van der Waals surface area contributed by atoms with Crippen LogP contribution >= 0.6 is 0 Å². The number of benzene rings is 2. The van der Waals surface area contributed by atoms with Gasteiger partial charge in [0, 0.05) is 6.07 Å². The van der Waals surface area contributed by atoms with Crippen LogP contribution in [0.2, 0.25) is 0 Å². The maximum Gasteiger partial charge on any atom is 0.337 e. The van der Waals surface area contributed by atoms with Gasteiger partial charge in [0.25, 0.3) is 0 Å². The molecule has 0 saturated carbocycles. The molecule has 0 fully saturated rings. The lowest BCUT2D eigenvalue weighted by molar-refractivity contribution is 0.0601. The Morgan fingerprint density at radius 3 is 2.57 bits per heavy atom. The van der Waals surface area contributed by atoms with E-state index >= 15 is 0 Å². The molecule has 21 heavy (non-hydrogen) atoms. The Morgan fingerprint density at radius 2 is 1.90 bits per heavy atom. The number of anilines is 3. The van der Waals surface area contributed by atoms with Gasteiger partial charge in [-0.2, -0.15) is 0 Å². The first-order chi connectivity index (χ1) is 10.0. The zero-order valence-corrected chi connectivity index (χ0v) is 11.6. The third kappa shape index (κ3) is 3.22. The van der Waals surface area contributed by atoms with Crippen LogP contribution in [0.15, 0.2) is 36.4 Å². The molecule has 0 unspecified atom stereocenters. The lowest BCUT2D eigenvalue weighted by Crippen LogP contribution is -2.04. The molecule has 110 valence electrons. The summed E-state index contributed by atoms with van der Waals surface area (Å²) in [5.74, 6) is -0.546. The summed E-state index contributed by atoms with van der Waals surface area (Å²) in [6.45, 7) is 0. The van der Waals surface area contributed by atoms with Crippen LogP contribution in [-0.4, -0.2) is 20.2 Å². The van der Waals surface area contributed by atoms with E-state index in [1.165, 1.54) is 32.4 Å². The van der Waals surface area contributed by atoms with E-state index in [0.717, 1.165) is 0 Å². The highest BCUT2D eigenvalue weighted by atomic mass is 19.1. The van der Waals surface area contributed by atoms with Crippen molar-refractivity contribution in [3.63, 3.8) is 0 Å². The lowest BCUT2D eigenvalue weighted by atomic mass is 10.1. The molecule has 5 nitrogen and oxygen atoms in total. The van der Waals surface area contributed by atoms with E-state index < -0.39 is 11.8 Å². The monoisotopic (exact) mass is 290 g/mol. The summed E-state index contributed by atoms with van der Waals surface area (Å²) < 4.78 is 22.9. The number of nitrogens with two attached hydrogens (primary N) is 1. The normalized spacial score (nSPS) is 10.0. The standard InChI is InChI=1S/C15H15FN2O3/c1-20-14-8-10(16)4-6-12(14)18-13-7-9(15(19)21-2)3-5-11(13)17/h3-8,18H,17H2,1-2H3. The van der Waals surface area contributed by atoms with Gasteiger partial charge in [-0.1, -0.05) is 0 Å². The van der Waals surface area contributed by atoms with Crippen molar-refractivity contribution < 1.29 is 18.7 Å². The first-order valence-electron chi connectivity index (χ1n) is 6.13. The van der Waals surface area contributed by atoms with Crippen molar-refractivity contribution in [3.8, 4) is 5.75 Å². The molecule has 0 amide bonds. The van der Waals surface area contributed by atoms with Gasteiger partial charge in [0.2, 0.25) is 0 Å². The highest BCUT2D eigenvalue weighted by Gasteiger charge is 2.11. The Balaban J connectivity index is 2.37. The number of ether oxygens (including phenoxy) is 2. The van der Waals surface area contributed by atoms with Gasteiger partial charge in [-0.3, -0.25) is 0 Å². The van der Waals surface area contributed by atoms with E-state index in [2.05, 4.69) is 10.1 Å². The van der Waals surface area contributed by atoms with Crippen LogP contribution in [0, 0.1) is 5.82 Å². The Kier molecular flexibility index (Phi) is 4.27. The fraction of sp³-hybridized carbons (Fsp3) is 0.133. The van der Waals surface area contributed by atoms with Gasteiger partial charge in [-0.25, -0.2) is 9.18 Å². The van der Waals surface area contributed by atoms with Crippen molar-refractivity contribution in [1.29, 1.82) is 0 Å². The molecule has 0 bridgehead atoms. The molecular weight excluding hydrogens is 275 g/mol. The molecular formula is C15H15FN2O3. The number of methoxy groups -OCH3 is 2. The summed E-state index contributed by atoms with van der Waals surface area (Å²) in [4.78, 5) is 11.5. The second-order valence-electron chi connectivity index (χ2n) is 4.26. The smallest absolute Gasteiger partial charge is 0.337 e. The molecule has 0 radical (unpaired) electrons. The zero-order valence-electron chi connectivity index (χ0n) is 11.6. The number of carbonyl (C=O) groups excluding carboxylic acids is 1. The maximum atomic E-state index is 13.2. The average molecular weight is 290 g/mol. The Bertz CT molecular complexity index is 674. The van der Waals surface area contributed by atoms with Gasteiger partial charge in [-0.15, -0.1) is 0 Å². The first kappa shape index (κ1) is 14.6. The quantitative estimate of drug-likeness (QED) is 0.669. The lowest BCUT2D eigenvalue weighted by Gasteiger charge is -2.13. The number of carbonyl (C=O) groups is 1. The largest absolute Gasteiger partial charge is 0.494 e. The molecule has 0 saturated heterocycles. The van der Waals surface area contributed by atoms with Crippen LogP contribution in [0.4, 0.5) is 21.5 Å². The first-order valence-corrected chi connectivity index (χ1v) is 6.13. The summed E-state index contributed by atoms with van der Waals surface area (Å²) in [6.07, 6.45) is 0. The van der Waals surface area contributed by atoms with Crippen molar-refractivity contribution in [2.45, 2.75) is 0 Å². The summed E-state index contributed by atoms with van der Waals surface area (Å²) in [7, 11) is 2.74. The van der Waals surface area contributed by atoms with Crippen LogP contribution in [0.5, 0.6) is 5.75 Å². The Labute approximate surface area is 121 Å². The molecule has 6 heteroatoms. The van der Waals surface area contributed by atoms with Crippen molar-refractivity contribution in [2.75, 3.05) is 25.3 Å². The molecule has 0 aliphatic rings. The van der Waals surface area contributed by atoms with Gasteiger partial charge >= 0.3 is 5.97 Å². The van der Waals surface area contributed by atoms with Crippen molar-refractivity contribution >= 4 is 23.0 Å². The number of rotatable bonds is 4. The van der Waals surface area contributed by atoms with Crippen LogP contribution in [0.25, 0.3) is 0 Å². The Hall–Kier alpha value is -2.76.